The maximum absolute atomic E-state index is 6.17. The fourth-order valence-corrected chi connectivity index (χ4v) is 4.36. The molecular weight excluding hydrogens is 426 g/mol. The lowest BCUT2D eigenvalue weighted by Gasteiger charge is -2.26. The second kappa shape index (κ2) is 11.4. The fourth-order valence-electron chi connectivity index (χ4n) is 4.20. The fraction of sp³-hybridized carbons (Fsp3) is 0.591. The summed E-state index contributed by atoms with van der Waals surface area (Å²) in [5.74, 6) is 1.85. The van der Waals surface area contributed by atoms with Gasteiger partial charge in [0.05, 0.1) is 25.3 Å². The van der Waals surface area contributed by atoms with Crippen LogP contribution in [-0.4, -0.2) is 71.2 Å². The monoisotopic (exact) mass is 459 g/mol. The minimum Gasteiger partial charge on any atom is -0.493 e. The van der Waals surface area contributed by atoms with Gasteiger partial charge in [-0.1, -0.05) is 30.8 Å². The highest BCUT2D eigenvalue weighted by Gasteiger charge is 2.21. The van der Waals surface area contributed by atoms with Crippen LogP contribution in [0.4, 0.5) is 11.9 Å². The molecule has 0 spiro atoms. The molecule has 1 atom stereocenters. The molecule has 0 amide bonds. The first-order valence-electron chi connectivity index (χ1n) is 11.4. The molecule has 9 nitrogen and oxygen atoms in total. The van der Waals surface area contributed by atoms with Crippen LogP contribution in [0.2, 0.25) is 0 Å². The molecule has 32 heavy (non-hydrogen) atoms. The van der Waals surface area contributed by atoms with Gasteiger partial charge in [-0.15, -0.1) is 5.10 Å². The third-order valence-corrected chi connectivity index (χ3v) is 6.05. The average molecular weight is 460 g/mol. The van der Waals surface area contributed by atoms with E-state index in [4.69, 9.17) is 27.4 Å². The largest absolute Gasteiger partial charge is 0.493 e. The average Bonchev–Trinajstić information content (AvgIpc) is 3.21. The third-order valence-electron chi connectivity index (χ3n) is 5.91. The molecule has 2 aromatic rings. The highest BCUT2D eigenvalue weighted by molar-refractivity contribution is 7.78. The van der Waals surface area contributed by atoms with E-state index in [1.807, 2.05) is 6.07 Å². The van der Waals surface area contributed by atoms with Crippen LogP contribution in [0, 0.1) is 0 Å². The number of ether oxygens (including phenoxy) is 2. The van der Waals surface area contributed by atoms with Crippen LogP contribution < -0.4 is 20.7 Å². The van der Waals surface area contributed by atoms with E-state index >= 15 is 0 Å². The Kier molecular flexibility index (Phi) is 8.13. The van der Waals surface area contributed by atoms with E-state index in [1.165, 1.54) is 43.4 Å². The predicted molar refractivity (Wildman–Crippen MR) is 129 cm³/mol. The number of nitrogens with one attached hydrogen (secondary N) is 1. The van der Waals surface area contributed by atoms with Crippen molar-refractivity contribution in [2.24, 2.45) is 0 Å². The smallest absolute Gasteiger partial charge is 0.246 e. The molecule has 174 valence electrons. The molecule has 1 aromatic carbocycles. The molecule has 1 aromatic heterocycles. The van der Waals surface area contributed by atoms with E-state index in [2.05, 4.69) is 43.4 Å². The van der Waals surface area contributed by atoms with Crippen molar-refractivity contribution in [3.05, 3.63) is 29.8 Å². The predicted octanol–water partition coefficient (Wildman–Crippen LogP) is 2.20. The van der Waals surface area contributed by atoms with E-state index in [1.54, 1.807) is 4.68 Å². The molecule has 3 N–H and O–H groups in total. The summed E-state index contributed by atoms with van der Waals surface area (Å²) in [6.07, 6.45) is 4.35. The molecule has 2 aliphatic rings. The molecule has 1 unspecified atom stereocenters. The lowest BCUT2D eigenvalue weighted by molar-refractivity contribution is 0.122. The molecule has 2 aliphatic heterocycles. The quantitative estimate of drug-likeness (QED) is 0.519. The Balaban J connectivity index is 1.34. The number of likely N-dealkylation sites (tertiary alicyclic amines) is 1. The number of rotatable bonds is 10. The lowest BCUT2D eigenvalue weighted by Crippen LogP contribution is -2.37. The SMILES string of the molecule is Nc1nc(N2CCOCC2)nn1C(CCOc1cccc(CN2CCCCC2)c1)NC=S. The molecule has 0 bridgehead atoms. The number of anilines is 2. The number of nitrogen functional groups attached to an aromatic ring is 1. The Morgan fingerprint density at radius 2 is 2.00 bits per heavy atom. The van der Waals surface area contributed by atoms with Crippen molar-refractivity contribution in [2.75, 3.05) is 56.6 Å². The highest BCUT2D eigenvalue weighted by atomic mass is 32.1. The van der Waals surface area contributed by atoms with E-state index in [-0.39, 0.29) is 6.17 Å². The zero-order valence-corrected chi connectivity index (χ0v) is 19.3. The van der Waals surface area contributed by atoms with E-state index in [0.717, 1.165) is 25.4 Å². The van der Waals surface area contributed by atoms with Gasteiger partial charge in [0, 0.05) is 26.1 Å². The first kappa shape index (κ1) is 22.8. The zero-order chi connectivity index (χ0) is 22.2. The summed E-state index contributed by atoms with van der Waals surface area (Å²) >= 11 is 5.03. The first-order chi connectivity index (χ1) is 15.7. The summed E-state index contributed by atoms with van der Waals surface area (Å²) in [4.78, 5) is 9.03. The summed E-state index contributed by atoms with van der Waals surface area (Å²) < 4.78 is 13.2. The standard InChI is InChI=1S/C22H33N7O2S/c23-21-25-22(28-10-13-30-14-11-28)26-29(21)20(24-17-32)7-12-31-19-6-4-5-18(15-19)16-27-8-2-1-3-9-27/h4-6,15,17,20H,1-3,7-14,16H2,(H,24,32)(H2,23,25,26). The Bertz CT molecular complexity index is 866. The lowest BCUT2D eigenvalue weighted by atomic mass is 10.1. The van der Waals surface area contributed by atoms with Crippen LogP contribution in [0.15, 0.2) is 24.3 Å². The first-order valence-corrected chi connectivity index (χ1v) is 11.9. The normalized spacial score (nSPS) is 18.3. The van der Waals surface area contributed by atoms with Crippen LogP contribution in [0.3, 0.4) is 0 Å². The van der Waals surface area contributed by atoms with E-state index in [0.29, 0.717) is 38.1 Å². The summed E-state index contributed by atoms with van der Waals surface area (Å²) in [5, 5.41) is 7.77. The minimum atomic E-state index is -0.230. The molecule has 2 fully saturated rings. The van der Waals surface area contributed by atoms with Gasteiger partial charge in [-0.2, -0.15) is 4.98 Å². The molecule has 3 heterocycles. The van der Waals surface area contributed by atoms with Crippen molar-refractivity contribution in [3.8, 4) is 5.75 Å². The van der Waals surface area contributed by atoms with Gasteiger partial charge in [0.1, 0.15) is 11.9 Å². The van der Waals surface area contributed by atoms with Crippen LogP contribution in [-0.2, 0) is 11.3 Å². The molecule has 0 radical (unpaired) electrons. The van der Waals surface area contributed by atoms with Crippen molar-refractivity contribution in [1.29, 1.82) is 0 Å². The van der Waals surface area contributed by atoms with Gasteiger partial charge < -0.3 is 25.4 Å². The number of nitrogens with zero attached hydrogens (tertiary/aromatic N) is 5. The summed E-state index contributed by atoms with van der Waals surface area (Å²) in [5.41, 5.74) is 8.94. The zero-order valence-electron chi connectivity index (χ0n) is 18.5. The Labute approximate surface area is 194 Å². The number of piperidine rings is 1. The summed E-state index contributed by atoms with van der Waals surface area (Å²) in [7, 11) is 0. The maximum atomic E-state index is 6.17. The van der Waals surface area contributed by atoms with Crippen LogP contribution >= 0.6 is 12.2 Å². The number of hydrogen-bond acceptors (Lipinski definition) is 8. The van der Waals surface area contributed by atoms with Gasteiger partial charge in [0.25, 0.3) is 0 Å². The number of aromatic nitrogens is 3. The summed E-state index contributed by atoms with van der Waals surface area (Å²) in [6.45, 7) is 6.69. The molecular formula is C22H33N7O2S. The van der Waals surface area contributed by atoms with Crippen molar-refractivity contribution >= 4 is 29.6 Å². The van der Waals surface area contributed by atoms with Crippen molar-refractivity contribution in [2.45, 2.75) is 38.4 Å². The second-order valence-electron chi connectivity index (χ2n) is 8.24. The van der Waals surface area contributed by atoms with E-state index < -0.39 is 0 Å². The number of morpholine rings is 1. The van der Waals surface area contributed by atoms with Gasteiger partial charge >= 0.3 is 0 Å². The molecule has 10 heteroatoms. The van der Waals surface area contributed by atoms with Gasteiger partial charge in [0.2, 0.25) is 11.9 Å². The van der Waals surface area contributed by atoms with Crippen LogP contribution in [0.1, 0.15) is 37.4 Å². The van der Waals surface area contributed by atoms with Crippen LogP contribution in [0.5, 0.6) is 5.75 Å². The Hall–Kier alpha value is -2.43. The maximum Gasteiger partial charge on any atom is 0.246 e. The number of hydrogen-bond donors (Lipinski definition) is 2. The number of benzene rings is 1. The topological polar surface area (TPSA) is 93.7 Å². The van der Waals surface area contributed by atoms with Gasteiger partial charge in [-0.25, -0.2) is 4.68 Å². The minimum absolute atomic E-state index is 0.230. The number of thiocarbonyl (C=S) groups is 1. The molecule has 0 saturated carbocycles. The van der Waals surface area contributed by atoms with Crippen LogP contribution in [0.25, 0.3) is 0 Å². The molecule has 0 aliphatic carbocycles. The third kappa shape index (κ3) is 6.08. The van der Waals surface area contributed by atoms with Gasteiger partial charge in [0.15, 0.2) is 0 Å². The van der Waals surface area contributed by atoms with Gasteiger partial charge in [-0.05, 0) is 43.6 Å². The number of nitrogens with two attached hydrogens (primary N) is 1. The van der Waals surface area contributed by atoms with Crippen molar-refractivity contribution < 1.29 is 9.47 Å². The Morgan fingerprint density at radius 3 is 2.78 bits per heavy atom. The highest BCUT2D eigenvalue weighted by Crippen LogP contribution is 2.20. The molecule has 2 saturated heterocycles. The molecule has 4 rings (SSSR count). The van der Waals surface area contributed by atoms with Crippen molar-refractivity contribution in [3.63, 3.8) is 0 Å². The second-order valence-corrected chi connectivity index (χ2v) is 8.47. The van der Waals surface area contributed by atoms with Crippen molar-refractivity contribution in [1.82, 2.24) is 25.0 Å². The Morgan fingerprint density at radius 1 is 1.19 bits per heavy atom. The van der Waals surface area contributed by atoms with E-state index in [9.17, 15) is 0 Å². The summed E-state index contributed by atoms with van der Waals surface area (Å²) in [6, 6.07) is 8.37. The van der Waals surface area contributed by atoms with Gasteiger partial charge in [-0.3, -0.25) is 4.90 Å².